The summed E-state index contributed by atoms with van der Waals surface area (Å²) < 4.78 is 0. The topological polar surface area (TPSA) is 17.1 Å². The minimum atomic E-state index is -0.0833. The van der Waals surface area contributed by atoms with Crippen molar-refractivity contribution < 1.29 is 62.0 Å². The van der Waals surface area contributed by atoms with E-state index < -0.39 is 0 Å². The van der Waals surface area contributed by atoms with Crippen LogP contribution in [-0.2, 0) is 31.0 Å². The molecular weight excluding hydrogens is 166 g/mol. The van der Waals surface area contributed by atoms with Crippen LogP contribution in [0.5, 0.6) is 0 Å². The minimum Gasteiger partial charge on any atom is -1.00 e. The van der Waals surface area contributed by atoms with E-state index in [9.17, 15) is 4.79 Å². The van der Waals surface area contributed by atoms with Crippen LogP contribution in [-0.4, -0.2) is 5.78 Å². The van der Waals surface area contributed by atoms with Gasteiger partial charge in [0.05, 0.1) is 0 Å². The third-order valence-electron chi connectivity index (χ3n) is 0. The summed E-state index contributed by atoms with van der Waals surface area (Å²) in [6.07, 6.45) is 0. The summed E-state index contributed by atoms with van der Waals surface area (Å²) in [6, 6.07) is 0. The predicted molar refractivity (Wildman–Crippen MR) is 17.1 cm³/mol. The number of hydrogen-bond donors (Lipinski definition) is 0. The summed E-state index contributed by atoms with van der Waals surface area (Å²) in [6.45, 7) is 4.42. The standard InChI is InChI=1S/C3H5O.Na.Zr.H/c1-3(2)4;;;/h1H2,2H3;;;/q-1;+1;;-1. The Morgan fingerprint density at radius 2 is 1.83 bits per heavy atom. The maximum Gasteiger partial charge on any atom is 1.00 e. The fourth-order valence-electron chi connectivity index (χ4n) is 0. The first kappa shape index (κ1) is 15.7. The van der Waals surface area contributed by atoms with Crippen LogP contribution >= 0.6 is 0 Å². The zero-order chi connectivity index (χ0) is 3.58. The fraction of sp³-hybridized carbons (Fsp3) is 0.333. The van der Waals surface area contributed by atoms with Gasteiger partial charge in [0, 0.05) is 26.2 Å². The normalized spacial score (nSPS) is 4.17. The van der Waals surface area contributed by atoms with Crippen LogP contribution in [0.15, 0.2) is 0 Å². The van der Waals surface area contributed by atoms with Gasteiger partial charge in [-0.3, -0.25) is 0 Å². The smallest absolute Gasteiger partial charge is 1.00 e. The molecule has 0 unspecified atom stereocenters. The van der Waals surface area contributed by atoms with Gasteiger partial charge >= 0.3 is 29.6 Å². The zero-order valence-corrected chi connectivity index (χ0v) is 8.57. The third kappa shape index (κ3) is 52.4. The van der Waals surface area contributed by atoms with Crippen molar-refractivity contribution in [2.45, 2.75) is 6.92 Å². The Balaban J connectivity index is -0.0000000150. The summed E-state index contributed by atoms with van der Waals surface area (Å²) in [7, 11) is 0. The van der Waals surface area contributed by atoms with E-state index in [0.717, 1.165) is 0 Å². The van der Waals surface area contributed by atoms with Crippen LogP contribution in [0.4, 0.5) is 0 Å². The number of ketones is 1. The second-order valence-electron chi connectivity index (χ2n) is 0.702. The maximum atomic E-state index is 9.33. The van der Waals surface area contributed by atoms with Crippen LogP contribution < -0.4 is 29.6 Å². The van der Waals surface area contributed by atoms with Gasteiger partial charge in [-0.05, 0) is 12.7 Å². The van der Waals surface area contributed by atoms with E-state index in [1.807, 2.05) is 0 Å². The number of carbonyl (C=O) groups is 1. The maximum absolute atomic E-state index is 9.33. The summed E-state index contributed by atoms with van der Waals surface area (Å²) >= 11 is 0. The number of Topliss-reactive ketones (excluding diaryl/α,β-unsaturated/α-hetero) is 1. The second kappa shape index (κ2) is 9.66. The van der Waals surface area contributed by atoms with Crippen molar-refractivity contribution in [3.63, 3.8) is 0 Å². The van der Waals surface area contributed by atoms with Crippen molar-refractivity contribution >= 4 is 5.78 Å². The average Bonchev–Trinajstić information content (AvgIpc) is 0.811. The molecule has 0 aromatic heterocycles. The van der Waals surface area contributed by atoms with Crippen LogP contribution in [0.1, 0.15) is 8.35 Å². The van der Waals surface area contributed by atoms with Gasteiger partial charge in [-0.15, -0.1) is 0 Å². The molecule has 0 aliphatic rings. The van der Waals surface area contributed by atoms with Crippen LogP contribution in [0, 0.1) is 6.92 Å². The summed E-state index contributed by atoms with van der Waals surface area (Å²) in [5, 5.41) is 0. The Morgan fingerprint density at radius 1 is 1.83 bits per heavy atom. The summed E-state index contributed by atoms with van der Waals surface area (Å²) in [5.41, 5.74) is 0. The van der Waals surface area contributed by atoms with E-state index in [1.54, 1.807) is 0 Å². The van der Waals surface area contributed by atoms with E-state index in [4.69, 9.17) is 0 Å². The Morgan fingerprint density at radius 3 is 1.83 bits per heavy atom. The summed E-state index contributed by atoms with van der Waals surface area (Å²) in [4.78, 5) is 9.33. The molecule has 30 valence electrons. The average molecular weight is 172 g/mol. The Kier molecular flexibility index (Phi) is 25.2. The van der Waals surface area contributed by atoms with Crippen molar-refractivity contribution in [3.05, 3.63) is 6.92 Å². The van der Waals surface area contributed by atoms with E-state index >= 15 is 0 Å². The largest absolute Gasteiger partial charge is 1.00 e. The van der Waals surface area contributed by atoms with E-state index in [2.05, 4.69) is 6.92 Å². The first-order valence-corrected chi connectivity index (χ1v) is 1.06. The van der Waals surface area contributed by atoms with Crippen LogP contribution in [0.3, 0.4) is 0 Å². The molecule has 0 aliphatic heterocycles. The molecule has 0 aromatic carbocycles. The van der Waals surface area contributed by atoms with Gasteiger partial charge in [-0.25, -0.2) is 0 Å². The molecule has 0 aliphatic carbocycles. The molecule has 0 heterocycles. The molecule has 0 rings (SSSR count). The molecule has 0 N–H and O–H groups in total. The molecule has 0 atom stereocenters. The molecule has 0 aromatic rings. The van der Waals surface area contributed by atoms with Gasteiger partial charge in [0.15, 0.2) is 0 Å². The molecular formula is C3H6NaOZr-. The number of hydrogen-bond acceptors (Lipinski definition) is 1. The van der Waals surface area contributed by atoms with Gasteiger partial charge < -0.3 is 13.1 Å². The van der Waals surface area contributed by atoms with Crippen molar-refractivity contribution in [1.29, 1.82) is 0 Å². The van der Waals surface area contributed by atoms with Crippen molar-refractivity contribution in [2.24, 2.45) is 0 Å². The molecule has 0 amide bonds. The monoisotopic (exact) mass is 171 g/mol. The van der Waals surface area contributed by atoms with Gasteiger partial charge in [0.2, 0.25) is 0 Å². The predicted octanol–water partition coefficient (Wildman–Crippen LogP) is -2.48. The van der Waals surface area contributed by atoms with Gasteiger partial charge in [-0.2, -0.15) is 0 Å². The van der Waals surface area contributed by atoms with E-state index in [1.165, 1.54) is 6.92 Å². The number of carbonyl (C=O) groups excluding carboxylic acids is 1. The molecule has 0 fully saturated rings. The van der Waals surface area contributed by atoms with Gasteiger partial charge in [-0.1, -0.05) is 0 Å². The molecule has 6 heavy (non-hydrogen) atoms. The minimum absolute atomic E-state index is 0. The van der Waals surface area contributed by atoms with Crippen molar-refractivity contribution in [2.75, 3.05) is 0 Å². The molecule has 0 saturated carbocycles. The van der Waals surface area contributed by atoms with Crippen LogP contribution in [0.2, 0.25) is 0 Å². The zero-order valence-electron chi connectivity index (χ0n) is 5.12. The van der Waals surface area contributed by atoms with Crippen molar-refractivity contribution in [1.82, 2.24) is 0 Å². The molecule has 1 nitrogen and oxygen atoms in total. The van der Waals surface area contributed by atoms with Gasteiger partial charge in [0.1, 0.15) is 0 Å². The Labute approximate surface area is 80.8 Å². The molecule has 0 spiro atoms. The first-order chi connectivity index (χ1) is 1.73. The van der Waals surface area contributed by atoms with Crippen LogP contribution in [0.25, 0.3) is 0 Å². The third-order valence-corrected chi connectivity index (χ3v) is 0. The molecule has 0 bridgehead atoms. The Hall–Kier alpha value is 1.42. The van der Waals surface area contributed by atoms with E-state index in [-0.39, 0.29) is 63.0 Å². The second-order valence-corrected chi connectivity index (χ2v) is 0.702. The van der Waals surface area contributed by atoms with Crippen molar-refractivity contribution in [3.8, 4) is 0 Å². The summed E-state index contributed by atoms with van der Waals surface area (Å²) in [5.74, 6) is -0.0833. The fourth-order valence-corrected chi connectivity index (χ4v) is 0. The SMILES string of the molecule is [CH2-]C(C)=O.[H-].[Na+].[Zr]. The molecule has 0 radical (unpaired) electrons. The Bertz CT molecular complexity index is 37.9. The quantitative estimate of drug-likeness (QED) is 0.292. The van der Waals surface area contributed by atoms with E-state index in [0.29, 0.717) is 0 Å². The van der Waals surface area contributed by atoms with Gasteiger partial charge in [0.25, 0.3) is 0 Å². The number of rotatable bonds is 0. The first-order valence-electron chi connectivity index (χ1n) is 1.06. The molecule has 0 saturated heterocycles. The molecule has 3 heteroatoms.